The number of aromatic nitrogens is 2. The molecule has 1 unspecified atom stereocenters. The molecule has 3 N–H and O–H groups in total. The normalized spacial score (nSPS) is 12.2. The van der Waals surface area contributed by atoms with Crippen molar-refractivity contribution >= 4 is 33.4 Å². The zero-order valence-electron chi connectivity index (χ0n) is 18.3. The summed E-state index contributed by atoms with van der Waals surface area (Å²) in [7, 11) is -3.79. The van der Waals surface area contributed by atoms with Gasteiger partial charge in [-0.1, -0.05) is 72.4 Å². The zero-order valence-corrected chi connectivity index (χ0v) is 19.9. The van der Waals surface area contributed by atoms with Crippen molar-refractivity contribution in [2.75, 3.05) is 5.32 Å². The number of primary sulfonamides is 1. The van der Waals surface area contributed by atoms with Crippen LogP contribution in [0.1, 0.15) is 6.92 Å². The van der Waals surface area contributed by atoms with Gasteiger partial charge in [0.15, 0.2) is 5.16 Å². The van der Waals surface area contributed by atoms with E-state index in [9.17, 15) is 13.2 Å². The summed E-state index contributed by atoms with van der Waals surface area (Å²) < 4.78 is 22.8. The van der Waals surface area contributed by atoms with Crippen LogP contribution in [0.3, 0.4) is 0 Å². The van der Waals surface area contributed by atoms with Gasteiger partial charge < -0.3 is 5.32 Å². The Balaban J connectivity index is 1.56. The number of carbonyl (C=O) groups is 1. The molecule has 1 heterocycles. The molecule has 3 aromatic carbocycles. The lowest BCUT2D eigenvalue weighted by molar-refractivity contribution is -0.115. The Morgan fingerprint density at radius 3 is 1.82 bits per heavy atom. The third-order valence-corrected chi connectivity index (χ3v) is 6.84. The molecule has 0 saturated heterocycles. The van der Waals surface area contributed by atoms with Gasteiger partial charge in [-0.15, -0.1) is 0 Å². The molecule has 9 heteroatoms. The van der Waals surface area contributed by atoms with Crippen molar-refractivity contribution in [3.8, 4) is 22.5 Å². The van der Waals surface area contributed by atoms with Crippen molar-refractivity contribution in [3.05, 3.63) is 91.0 Å². The largest absolute Gasteiger partial charge is 0.325 e. The molecule has 4 rings (SSSR count). The number of nitrogens with one attached hydrogen (secondary N) is 1. The number of carbonyl (C=O) groups excluding carboxylic acids is 1. The fraction of sp³-hybridized carbons (Fsp3) is 0.0800. The molecule has 1 amide bonds. The SMILES string of the molecule is CC(Sc1nc(-c2ccccc2)cc(-c2ccccc2)n1)C(=O)Nc1ccc(S(N)(=O)=O)cc1. The molecule has 1 atom stereocenters. The molecule has 0 bridgehead atoms. The van der Waals surface area contributed by atoms with E-state index in [2.05, 4.69) is 15.3 Å². The molecule has 1 aromatic heterocycles. The minimum Gasteiger partial charge on any atom is -0.325 e. The van der Waals surface area contributed by atoms with E-state index in [4.69, 9.17) is 5.14 Å². The molecule has 172 valence electrons. The fourth-order valence-corrected chi connectivity index (χ4v) is 4.47. The smallest absolute Gasteiger partial charge is 0.238 e. The fourth-order valence-electron chi connectivity index (χ4n) is 3.17. The summed E-state index contributed by atoms with van der Waals surface area (Å²) in [5.41, 5.74) is 3.91. The predicted molar refractivity (Wildman–Crippen MR) is 135 cm³/mol. The Kier molecular flexibility index (Phi) is 7.06. The molecule has 0 saturated carbocycles. The number of thioether (sulfide) groups is 1. The first-order valence-corrected chi connectivity index (χ1v) is 12.8. The second kappa shape index (κ2) is 10.2. The second-order valence-electron chi connectivity index (χ2n) is 7.47. The van der Waals surface area contributed by atoms with E-state index in [1.54, 1.807) is 6.92 Å². The van der Waals surface area contributed by atoms with Crippen molar-refractivity contribution in [3.63, 3.8) is 0 Å². The lowest BCUT2D eigenvalue weighted by atomic mass is 10.1. The number of rotatable bonds is 7. The average Bonchev–Trinajstić information content (AvgIpc) is 2.84. The number of benzene rings is 3. The van der Waals surface area contributed by atoms with Gasteiger partial charge in [-0.05, 0) is 37.3 Å². The van der Waals surface area contributed by atoms with Gasteiger partial charge >= 0.3 is 0 Å². The molecule has 0 aliphatic rings. The Labute approximate surface area is 202 Å². The Bertz CT molecular complexity index is 1340. The number of hydrogen-bond donors (Lipinski definition) is 2. The lowest BCUT2D eigenvalue weighted by Crippen LogP contribution is -2.22. The van der Waals surface area contributed by atoms with Crippen LogP contribution in [0.15, 0.2) is 101 Å². The predicted octanol–water partition coefficient (Wildman–Crippen LogP) is 4.58. The standard InChI is InChI=1S/C25H22N4O3S2/c1-17(24(30)27-20-12-14-21(15-13-20)34(26,31)32)33-25-28-22(18-8-4-2-5-9-18)16-23(29-25)19-10-6-3-7-11-19/h2-17H,1H3,(H,27,30)(H2,26,31,32). The highest BCUT2D eigenvalue weighted by atomic mass is 32.2. The number of anilines is 1. The third-order valence-electron chi connectivity index (χ3n) is 4.95. The summed E-state index contributed by atoms with van der Waals surface area (Å²) in [5, 5.41) is 7.87. The Hall–Kier alpha value is -3.53. The molecule has 4 aromatic rings. The van der Waals surface area contributed by atoms with Crippen molar-refractivity contribution < 1.29 is 13.2 Å². The third kappa shape index (κ3) is 5.88. The van der Waals surface area contributed by atoms with E-state index in [-0.39, 0.29) is 10.8 Å². The first-order chi connectivity index (χ1) is 16.3. The van der Waals surface area contributed by atoms with Crippen molar-refractivity contribution in [2.45, 2.75) is 22.2 Å². The van der Waals surface area contributed by atoms with Gasteiger partial charge in [-0.3, -0.25) is 4.79 Å². The maximum Gasteiger partial charge on any atom is 0.238 e. The van der Waals surface area contributed by atoms with Crippen molar-refractivity contribution in [1.29, 1.82) is 0 Å². The van der Waals surface area contributed by atoms with E-state index in [1.165, 1.54) is 36.0 Å². The van der Waals surface area contributed by atoms with Crippen LogP contribution in [0, 0.1) is 0 Å². The molecular weight excluding hydrogens is 468 g/mol. The van der Waals surface area contributed by atoms with Gasteiger partial charge in [0.05, 0.1) is 21.5 Å². The van der Waals surface area contributed by atoms with E-state index in [0.29, 0.717) is 10.8 Å². The highest BCUT2D eigenvalue weighted by Gasteiger charge is 2.18. The van der Waals surface area contributed by atoms with Crippen LogP contribution in [0.25, 0.3) is 22.5 Å². The van der Waals surface area contributed by atoms with E-state index >= 15 is 0 Å². The summed E-state index contributed by atoms with van der Waals surface area (Å²) in [4.78, 5) is 22.1. The summed E-state index contributed by atoms with van der Waals surface area (Å²) in [6, 6.07) is 27.2. The van der Waals surface area contributed by atoms with E-state index < -0.39 is 15.3 Å². The molecule has 34 heavy (non-hydrogen) atoms. The summed E-state index contributed by atoms with van der Waals surface area (Å²) in [6.07, 6.45) is 0. The molecule has 7 nitrogen and oxygen atoms in total. The lowest BCUT2D eigenvalue weighted by Gasteiger charge is -2.13. The summed E-state index contributed by atoms with van der Waals surface area (Å²) >= 11 is 1.25. The molecule has 0 aliphatic heterocycles. The van der Waals surface area contributed by atoms with Crippen LogP contribution >= 0.6 is 11.8 Å². The van der Waals surface area contributed by atoms with Crippen LogP contribution in [0.5, 0.6) is 0 Å². The maximum absolute atomic E-state index is 12.8. The second-order valence-corrected chi connectivity index (χ2v) is 10.3. The number of nitrogens with two attached hydrogens (primary N) is 1. The Morgan fingerprint density at radius 1 is 0.853 bits per heavy atom. The van der Waals surface area contributed by atoms with E-state index in [1.807, 2.05) is 66.7 Å². The quantitative estimate of drug-likeness (QED) is 0.289. The van der Waals surface area contributed by atoms with Crippen LogP contribution in [0.2, 0.25) is 0 Å². The molecule has 0 fully saturated rings. The summed E-state index contributed by atoms with van der Waals surface area (Å²) in [6.45, 7) is 1.76. The zero-order chi connectivity index (χ0) is 24.1. The number of sulfonamides is 1. The highest BCUT2D eigenvalue weighted by Crippen LogP contribution is 2.29. The Morgan fingerprint density at radius 2 is 1.35 bits per heavy atom. The highest BCUT2D eigenvalue weighted by molar-refractivity contribution is 8.00. The maximum atomic E-state index is 12.8. The average molecular weight is 491 g/mol. The van der Waals surface area contributed by atoms with Gasteiger partial charge in [0, 0.05) is 16.8 Å². The van der Waals surface area contributed by atoms with Gasteiger partial charge in [-0.25, -0.2) is 23.5 Å². The van der Waals surface area contributed by atoms with Gasteiger partial charge in [0.1, 0.15) is 0 Å². The first kappa shape index (κ1) is 23.6. The van der Waals surface area contributed by atoms with Crippen LogP contribution in [-0.2, 0) is 14.8 Å². The van der Waals surface area contributed by atoms with Crippen LogP contribution in [-0.4, -0.2) is 29.5 Å². The molecular formula is C25H22N4O3S2. The first-order valence-electron chi connectivity index (χ1n) is 10.4. The van der Waals surface area contributed by atoms with Crippen molar-refractivity contribution in [2.24, 2.45) is 5.14 Å². The van der Waals surface area contributed by atoms with Crippen molar-refractivity contribution in [1.82, 2.24) is 9.97 Å². The van der Waals surface area contributed by atoms with Gasteiger partial charge in [0.2, 0.25) is 15.9 Å². The number of nitrogens with zero attached hydrogens (tertiary/aromatic N) is 2. The number of hydrogen-bond acceptors (Lipinski definition) is 6. The topological polar surface area (TPSA) is 115 Å². The van der Waals surface area contributed by atoms with Gasteiger partial charge in [-0.2, -0.15) is 0 Å². The van der Waals surface area contributed by atoms with E-state index in [0.717, 1.165) is 22.5 Å². The minimum absolute atomic E-state index is 0.0208. The van der Waals surface area contributed by atoms with Crippen LogP contribution in [0.4, 0.5) is 5.69 Å². The van der Waals surface area contributed by atoms with Gasteiger partial charge in [0.25, 0.3) is 0 Å². The van der Waals surface area contributed by atoms with Crippen LogP contribution < -0.4 is 10.5 Å². The monoisotopic (exact) mass is 490 g/mol. The summed E-state index contributed by atoms with van der Waals surface area (Å²) in [5.74, 6) is -0.261. The number of amides is 1. The molecule has 0 aliphatic carbocycles. The minimum atomic E-state index is -3.79. The molecule has 0 radical (unpaired) electrons. The molecule has 0 spiro atoms.